The zero-order valence-electron chi connectivity index (χ0n) is 22.7. The number of nitrogens with one attached hydrogen (secondary N) is 2. The van der Waals surface area contributed by atoms with Crippen LogP contribution in [-0.2, 0) is 16.1 Å². The van der Waals surface area contributed by atoms with Crippen molar-refractivity contribution in [1.29, 1.82) is 0 Å². The van der Waals surface area contributed by atoms with Crippen LogP contribution in [0.1, 0.15) is 27.0 Å². The van der Waals surface area contributed by atoms with Gasteiger partial charge in [0.15, 0.2) is 11.5 Å². The average Bonchev–Trinajstić information content (AvgIpc) is 3.31. The Balaban J connectivity index is 1.35. The Labute approximate surface area is 233 Å². The van der Waals surface area contributed by atoms with Crippen LogP contribution in [0.15, 0.2) is 60.7 Å². The van der Waals surface area contributed by atoms with Crippen LogP contribution in [0, 0.1) is 0 Å². The Bertz CT molecular complexity index is 1480. The summed E-state index contributed by atoms with van der Waals surface area (Å²) in [5.74, 6) is 0.579. The van der Waals surface area contributed by atoms with Crippen LogP contribution in [0.3, 0.4) is 0 Å². The number of amides is 1. The van der Waals surface area contributed by atoms with Crippen LogP contribution < -0.4 is 20.1 Å². The molecule has 0 unspecified atom stereocenters. The molecule has 0 spiro atoms. The summed E-state index contributed by atoms with van der Waals surface area (Å²) in [6.07, 6.45) is 0. The lowest BCUT2D eigenvalue weighted by Gasteiger charge is -2.32. The molecule has 0 aliphatic carbocycles. The highest BCUT2D eigenvalue weighted by atomic mass is 16.6. The zero-order chi connectivity index (χ0) is 27.6. The first kappa shape index (κ1) is 25.9. The van der Waals surface area contributed by atoms with Gasteiger partial charge in [-0.15, -0.1) is 0 Å². The monoisotopic (exact) mass is 540 g/mol. The molecule has 206 valence electrons. The van der Waals surface area contributed by atoms with E-state index >= 15 is 0 Å². The first-order chi connectivity index (χ1) is 19.5. The average molecular weight is 541 g/mol. The number of piperazine rings is 1. The number of carbonyl (C=O) groups is 2. The highest BCUT2D eigenvalue weighted by molar-refractivity contribution is 6.37. The Kier molecular flexibility index (Phi) is 7.15. The maximum Gasteiger partial charge on any atom is 0.337 e. The number of rotatable bonds is 6. The molecule has 0 saturated carbocycles. The molecule has 3 aromatic rings. The van der Waals surface area contributed by atoms with Crippen molar-refractivity contribution >= 4 is 34.5 Å². The fourth-order valence-electron chi connectivity index (χ4n) is 5.25. The van der Waals surface area contributed by atoms with Crippen LogP contribution in [-0.4, -0.2) is 75.2 Å². The number of hydrogen-bond acceptors (Lipinski definition) is 8. The van der Waals surface area contributed by atoms with Gasteiger partial charge in [-0.3, -0.25) is 9.69 Å². The molecule has 0 aromatic heterocycles. The fraction of sp³-hybridized carbons (Fsp3) is 0.290. The molecular formula is C31H32N4O5. The molecule has 3 aliphatic heterocycles. The normalized spacial score (nSPS) is 18.1. The number of fused-ring (bicyclic) bond motifs is 2. The largest absolute Gasteiger partial charge is 0.486 e. The Hall–Kier alpha value is -4.34. The molecule has 0 atom stereocenters. The summed E-state index contributed by atoms with van der Waals surface area (Å²) in [5, 5.41) is 6.42. The van der Waals surface area contributed by atoms with Crippen LogP contribution in [0.4, 0.5) is 11.4 Å². The van der Waals surface area contributed by atoms with Gasteiger partial charge in [0.05, 0.1) is 29.6 Å². The van der Waals surface area contributed by atoms with Gasteiger partial charge in [-0.2, -0.15) is 0 Å². The van der Waals surface area contributed by atoms with Gasteiger partial charge in [-0.25, -0.2) is 4.79 Å². The van der Waals surface area contributed by atoms with E-state index in [2.05, 4.69) is 39.6 Å². The predicted octanol–water partition coefficient (Wildman–Crippen LogP) is 3.92. The lowest BCUT2D eigenvalue weighted by atomic mass is 9.98. The molecule has 3 aromatic carbocycles. The number of hydrogen-bond donors (Lipinski definition) is 2. The molecule has 9 nitrogen and oxygen atoms in total. The number of likely N-dealkylation sites (N-methyl/N-ethyl adjacent to an activating group) is 1. The minimum absolute atomic E-state index is 0.263. The van der Waals surface area contributed by atoms with E-state index in [0.717, 1.165) is 44.0 Å². The first-order valence-corrected chi connectivity index (χ1v) is 13.4. The van der Waals surface area contributed by atoms with E-state index in [1.54, 1.807) is 18.2 Å². The van der Waals surface area contributed by atoms with E-state index in [1.807, 2.05) is 30.3 Å². The van der Waals surface area contributed by atoms with Crippen molar-refractivity contribution < 1.29 is 23.8 Å². The van der Waals surface area contributed by atoms with Gasteiger partial charge in [-0.1, -0.05) is 18.2 Å². The summed E-state index contributed by atoms with van der Waals surface area (Å²) >= 11 is 0. The standard InChI is InChI=1S/C31H32N4O5/c1-34-11-13-35(14-12-34)19-20-3-7-23(8-4-20)32-29(21-6-10-26-27(18-21)40-16-15-39-26)28-24-9-5-22(31(37)38-2)17-25(24)33-30(28)36/h3-10,17-18,32H,11-16,19H2,1-2H3,(H,33,36). The van der Waals surface area contributed by atoms with Crippen LogP contribution in [0.5, 0.6) is 11.5 Å². The highest BCUT2D eigenvalue weighted by Gasteiger charge is 2.30. The number of anilines is 2. The third kappa shape index (κ3) is 5.25. The quantitative estimate of drug-likeness (QED) is 0.359. The van der Waals surface area contributed by atoms with Crippen molar-refractivity contribution in [3.63, 3.8) is 0 Å². The summed E-state index contributed by atoms with van der Waals surface area (Å²) in [6.45, 7) is 6.14. The summed E-state index contributed by atoms with van der Waals surface area (Å²) in [6, 6.07) is 19.1. The Morgan fingerprint density at radius 3 is 2.40 bits per heavy atom. The van der Waals surface area contributed by atoms with Gasteiger partial charge in [0, 0.05) is 49.5 Å². The van der Waals surface area contributed by atoms with Gasteiger partial charge in [0.2, 0.25) is 0 Å². The first-order valence-electron chi connectivity index (χ1n) is 13.4. The smallest absolute Gasteiger partial charge is 0.337 e. The van der Waals surface area contributed by atoms with Crippen molar-refractivity contribution in [1.82, 2.24) is 9.80 Å². The molecule has 3 heterocycles. The Morgan fingerprint density at radius 2 is 1.65 bits per heavy atom. The molecule has 0 radical (unpaired) electrons. The third-order valence-corrected chi connectivity index (χ3v) is 7.49. The maximum atomic E-state index is 13.4. The molecule has 1 amide bonds. The van der Waals surface area contributed by atoms with Gasteiger partial charge in [0.25, 0.3) is 5.91 Å². The van der Waals surface area contributed by atoms with E-state index in [0.29, 0.717) is 52.8 Å². The van der Waals surface area contributed by atoms with Crippen LogP contribution in [0.25, 0.3) is 11.3 Å². The summed E-state index contributed by atoms with van der Waals surface area (Å²) < 4.78 is 16.4. The molecule has 1 fully saturated rings. The summed E-state index contributed by atoms with van der Waals surface area (Å²) in [4.78, 5) is 30.3. The number of methoxy groups -OCH3 is 1. The lowest BCUT2D eigenvalue weighted by molar-refractivity contribution is -0.110. The SMILES string of the molecule is COC(=O)c1ccc2c(c1)NC(=O)C2=C(Nc1ccc(CN2CCN(C)CC2)cc1)c1ccc2c(c1)OCCO2. The zero-order valence-corrected chi connectivity index (χ0v) is 22.7. The molecule has 0 bridgehead atoms. The Morgan fingerprint density at radius 1 is 0.925 bits per heavy atom. The minimum Gasteiger partial charge on any atom is -0.486 e. The number of carbonyl (C=O) groups excluding carboxylic acids is 2. The van der Waals surface area contributed by atoms with Gasteiger partial charge in [-0.05, 0) is 55.1 Å². The number of benzene rings is 3. The van der Waals surface area contributed by atoms with Gasteiger partial charge in [0.1, 0.15) is 13.2 Å². The molecule has 40 heavy (non-hydrogen) atoms. The maximum absolute atomic E-state index is 13.4. The van der Waals surface area contributed by atoms with Crippen molar-refractivity contribution in [2.24, 2.45) is 0 Å². The molecule has 2 N–H and O–H groups in total. The molecule has 1 saturated heterocycles. The summed E-state index contributed by atoms with van der Waals surface area (Å²) in [7, 11) is 3.49. The van der Waals surface area contributed by atoms with E-state index in [4.69, 9.17) is 14.2 Å². The topological polar surface area (TPSA) is 92.4 Å². The van der Waals surface area contributed by atoms with Crippen molar-refractivity contribution in [3.8, 4) is 11.5 Å². The van der Waals surface area contributed by atoms with Gasteiger partial charge < -0.3 is 29.7 Å². The summed E-state index contributed by atoms with van der Waals surface area (Å²) in [5.41, 5.74) is 5.60. The molecule has 6 rings (SSSR count). The molecule has 3 aliphatic rings. The lowest BCUT2D eigenvalue weighted by Crippen LogP contribution is -2.43. The fourth-order valence-corrected chi connectivity index (χ4v) is 5.25. The number of esters is 1. The van der Waals surface area contributed by atoms with Crippen molar-refractivity contribution in [2.45, 2.75) is 6.54 Å². The molecular weight excluding hydrogens is 508 g/mol. The minimum atomic E-state index is -0.462. The predicted molar refractivity (Wildman–Crippen MR) is 153 cm³/mol. The van der Waals surface area contributed by atoms with Crippen LogP contribution >= 0.6 is 0 Å². The number of ether oxygens (including phenoxy) is 3. The number of nitrogens with zero attached hydrogens (tertiary/aromatic N) is 2. The van der Waals surface area contributed by atoms with Crippen LogP contribution in [0.2, 0.25) is 0 Å². The second kappa shape index (κ2) is 11.0. The van der Waals surface area contributed by atoms with Crippen molar-refractivity contribution in [2.75, 3.05) is 64.2 Å². The highest BCUT2D eigenvalue weighted by Crippen LogP contribution is 2.40. The second-order valence-corrected chi connectivity index (χ2v) is 10.2. The van der Waals surface area contributed by atoms with Crippen molar-refractivity contribution in [3.05, 3.63) is 82.9 Å². The van der Waals surface area contributed by atoms with E-state index in [9.17, 15) is 9.59 Å². The van der Waals surface area contributed by atoms with Gasteiger partial charge >= 0.3 is 5.97 Å². The van der Waals surface area contributed by atoms with E-state index < -0.39 is 5.97 Å². The molecule has 9 heteroatoms. The van der Waals surface area contributed by atoms with E-state index in [1.165, 1.54) is 12.7 Å². The van der Waals surface area contributed by atoms with E-state index in [-0.39, 0.29) is 5.91 Å². The third-order valence-electron chi connectivity index (χ3n) is 7.49. The second-order valence-electron chi connectivity index (χ2n) is 10.2.